The van der Waals surface area contributed by atoms with Crippen LogP contribution in [-0.4, -0.2) is 17.3 Å². The van der Waals surface area contributed by atoms with Crippen LogP contribution < -0.4 is 0 Å². The van der Waals surface area contributed by atoms with E-state index in [-0.39, 0.29) is 5.78 Å². The second-order valence-corrected chi connectivity index (χ2v) is 6.54. The average molecular weight is 314 g/mol. The molecule has 0 amide bonds. The number of ketones is 1. The highest BCUT2D eigenvalue weighted by Gasteiger charge is 2.23. The molecule has 0 spiro atoms. The minimum atomic E-state index is 0.256. The zero-order valence-corrected chi connectivity index (χ0v) is 13.6. The number of nitrogens with zero attached hydrogens (tertiary/aromatic N) is 1. The molecule has 1 aliphatic carbocycles. The first-order valence-corrected chi connectivity index (χ1v) is 8.24. The number of Topliss-reactive ketones (excluding diaryl/α,β-unsaturated/α-hetero) is 1. The van der Waals surface area contributed by atoms with Crippen molar-refractivity contribution in [2.45, 2.75) is 26.2 Å². The van der Waals surface area contributed by atoms with Crippen LogP contribution in [-0.2, 0) is 24.1 Å². The van der Waals surface area contributed by atoms with E-state index in [2.05, 4.69) is 53.2 Å². The smallest absolute Gasteiger partial charge is 0.218 e. The number of rotatable bonds is 2. The minimum absolute atomic E-state index is 0.256. The van der Waals surface area contributed by atoms with E-state index < -0.39 is 0 Å². The molecular weight excluding hydrogens is 296 g/mol. The summed E-state index contributed by atoms with van der Waals surface area (Å²) in [5.74, 6) is 0.256. The van der Waals surface area contributed by atoms with Gasteiger partial charge in [0, 0.05) is 35.7 Å². The fourth-order valence-electron chi connectivity index (χ4n) is 3.60. The number of H-pyrrole nitrogens is 1. The Balaban J connectivity index is 1.95. The molecule has 3 nitrogen and oxygen atoms in total. The highest BCUT2D eigenvalue weighted by Crippen LogP contribution is 2.36. The van der Waals surface area contributed by atoms with Gasteiger partial charge in [0.25, 0.3) is 0 Å². The van der Waals surface area contributed by atoms with E-state index in [9.17, 15) is 4.79 Å². The maximum Gasteiger partial charge on any atom is 0.218 e. The molecule has 0 atom stereocenters. The maximum absolute atomic E-state index is 12.4. The molecule has 0 aliphatic heterocycles. The Bertz CT molecular complexity index is 1000. The summed E-state index contributed by atoms with van der Waals surface area (Å²) in [6.45, 7) is 9.56. The number of fused-ring (bicyclic) bond motifs is 5. The number of aryl methyl sites for hydroxylation is 1. The molecule has 3 heteroatoms. The van der Waals surface area contributed by atoms with Gasteiger partial charge in [0.15, 0.2) is 0 Å². The Hall–Kier alpha value is -2.86. The van der Waals surface area contributed by atoms with Gasteiger partial charge in [0.2, 0.25) is 6.54 Å². The second kappa shape index (κ2) is 5.65. The molecule has 118 valence electrons. The van der Waals surface area contributed by atoms with Crippen LogP contribution in [0.4, 0.5) is 0 Å². The lowest BCUT2D eigenvalue weighted by molar-refractivity contribution is -0.117. The summed E-state index contributed by atoms with van der Waals surface area (Å²) in [6, 6.07) is 12.6. The Morgan fingerprint density at radius 3 is 2.88 bits per heavy atom. The van der Waals surface area contributed by atoms with E-state index in [4.69, 9.17) is 6.57 Å². The standard InChI is InChI=1S/C21H18N2O/c1-13-3-6-20-18(9-13)19-12-16(24)11-15-5-4-14(7-8-22-2)10-17(15)21(19)23-20/h3-6,9-10,23H,7-8,11-12H2,1H3. The SMILES string of the molecule is [C-]#[N+]CCc1ccc2c(c1)-c1[nH]c3ccc(C)cc3c1CC(=O)C2. The molecule has 0 saturated carbocycles. The zero-order valence-electron chi connectivity index (χ0n) is 13.6. The van der Waals surface area contributed by atoms with Gasteiger partial charge in [-0.25, -0.2) is 6.57 Å². The van der Waals surface area contributed by atoms with Crippen molar-refractivity contribution in [3.8, 4) is 11.3 Å². The third-order valence-electron chi connectivity index (χ3n) is 4.78. The van der Waals surface area contributed by atoms with Crippen molar-refractivity contribution in [1.29, 1.82) is 0 Å². The average Bonchev–Trinajstić information content (AvgIpc) is 2.84. The third kappa shape index (κ3) is 2.41. The van der Waals surface area contributed by atoms with Crippen LogP contribution in [0.1, 0.15) is 22.3 Å². The van der Waals surface area contributed by atoms with Crippen LogP contribution in [0.25, 0.3) is 27.0 Å². The topological polar surface area (TPSA) is 37.2 Å². The van der Waals surface area contributed by atoms with Crippen LogP contribution in [0.5, 0.6) is 0 Å². The van der Waals surface area contributed by atoms with Crippen molar-refractivity contribution in [1.82, 2.24) is 4.98 Å². The summed E-state index contributed by atoms with van der Waals surface area (Å²) in [7, 11) is 0. The summed E-state index contributed by atoms with van der Waals surface area (Å²) in [5, 5.41) is 1.15. The number of carbonyl (C=O) groups excluding carboxylic acids is 1. The quantitative estimate of drug-likeness (QED) is 0.705. The van der Waals surface area contributed by atoms with Crippen molar-refractivity contribution in [3.05, 3.63) is 70.1 Å². The first-order valence-electron chi connectivity index (χ1n) is 8.24. The van der Waals surface area contributed by atoms with Crippen molar-refractivity contribution in [2.24, 2.45) is 0 Å². The molecule has 24 heavy (non-hydrogen) atoms. The van der Waals surface area contributed by atoms with E-state index in [1.54, 1.807) is 0 Å². The van der Waals surface area contributed by atoms with Crippen molar-refractivity contribution >= 4 is 16.7 Å². The number of aromatic nitrogens is 1. The van der Waals surface area contributed by atoms with Gasteiger partial charge < -0.3 is 9.83 Å². The molecular formula is C21H18N2O. The first kappa shape index (κ1) is 14.7. The number of carbonyl (C=O) groups is 1. The van der Waals surface area contributed by atoms with Gasteiger partial charge in [0.05, 0.1) is 5.69 Å². The van der Waals surface area contributed by atoms with Crippen LogP contribution in [0, 0.1) is 13.5 Å². The van der Waals surface area contributed by atoms with Crippen molar-refractivity contribution < 1.29 is 4.79 Å². The highest BCUT2D eigenvalue weighted by atomic mass is 16.1. The van der Waals surface area contributed by atoms with Gasteiger partial charge in [-0.1, -0.05) is 23.8 Å². The fraction of sp³-hybridized carbons (Fsp3) is 0.238. The lowest BCUT2D eigenvalue weighted by atomic mass is 9.98. The summed E-state index contributed by atoms with van der Waals surface area (Å²) in [5.41, 5.74) is 7.81. The monoisotopic (exact) mass is 314 g/mol. The number of nitrogens with one attached hydrogen (secondary N) is 1. The Morgan fingerprint density at radius 2 is 2.04 bits per heavy atom. The summed E-state index contributed by atoms with van der Waals surface area (Å²) < 4.78 is 0. The molecule has 3 aromatic rings. The van der Waals surface area contributed by atoms with Crippen LogP contribution in [0.3, 0.4) is 0 Å². The number of hydrogen-bond acceptors (Lipinski definition) is 1. The van der Waals surface area contributed by atoms with Gasteiger partial charge in [-0.05, 0) is 41.8 Å². The van der Waals surface area contributed by atoms with E-state index in [0.717, 1.165) is 45.3 Å². The number of aromatic amines is 1. The predicted octanol–water partition coefficient (Wildman–Crippen LogP) is 4.27. The van der Waals surface area contributed by atoms with Crippen LogP contribution in [0.2, 0.25) is 0 Å². The Morgan fingerprint density at radius 1 is 1.17 bits per heavy atom. The molecule has 1 aromatic heterocycles. The minimum Gasteiger partial charge on any atom is -0.354 e. The van der Waals surface area contributed by atoms with Crippen molar-refractivity contribution in [2.75, 3.05) is 6.54 Å². The summed E-state index contributed by atoms with van der Waals surface area (Å²) in [6.07, 6.45) is 1.71. The maximum atomic E-state index is 12.4. The predicted molar refractivity (Wildman–Crippen MR) is 96.1 cm³/mol. The van der Waals surface area contributed by atoms with Crippen molar-refractivity contribution in [3.63, 3.8) is 0 Å². The molecule has 0 fully saturated rings. The molecule has 0 radical (unpaired) electrons. The highest BCUT2D eigenvalue weighted by molar-refractivity contribution is 5.99. The van der Waals surface area contributed by atoms with Crippen LogP contribution in [0.15, 0.2) is 36.4 Å². The van der Waals surface area contributed by atoms with E-state index in [0.29, 0.717) is 19.4 Å². The van der Waals surface area contributed by atoms with E-state index in [1.165, 1.54) is 5.56 Å². The molecule has 4 rings (SSSR count). The fourth-order valence-corrected chi connectivity index (χ4v) is 3.60. The molecule has 1 heterocycles. The Labute approximate surface area is 141 Å². The van der Waals surface area contributed by atoms with Gasteiger partial charge in [-0.15, -0.1) is 0 Å². The summed E-state index contributed by atoms with van der Waals surface area (Å²) >= 11 is 0. The molecule has 0 bridgehead atoms. The zero-order chi connectivity index (χ0) is 16.7. The molecule has 2 aromatic carbocycles. The molecule has 0 saturated heterocycles. The molecule has 1 aliphatic rings. The number of hydrogen-bond donors (Lipinski definition) is 1. The Kier molecular flexibility index (Phi) is 3.46. The largest absolute Gasteiger partial charge is 0.354 e. The van der Waals surface area contributed by atoms with Gasteiger partial charge in [-0.3, -0.25) is 4.79 Å². The first-order chi connectivity index (χ1) is 11.7. The van der Waals surface area contributed by atoms with E-state index in [1.807, 2.05) is 0 Å². The third-order valence-corrected chi connectivity index (χ3v) is 4.78. The second-order valence-electron chi connectivity index (χ2n) is 6.54. The molecule has 1 N–H and O–H groups in total. The number of benzene rings is 2. The van der Waals surface area contributed by atoms with Gasteiger partial charge in [0.1, 0.15) is 5.78 Å². The van der Waals surface area contributed by atoms with Gasteiger partial charge >= 0.3 is 0 Å². The lowest BCUT2D eigenvalue weighted by Crippen LogP contribution is -2.04. The molecule has 0 unspecified atom stereocenters. The normalized spacial score (nSPS) is 13.2. The summed E-state index contributed by atoms with van der Waals surface area (Å²) in [4.78, 5) is 19.4. The van der Waals surface area contributed by atoms with Gasteiger partial charge in [-0.2, -0.15) is 0 Å². The van der Waals surface area contributed by atoms with Crippen LogP contribution >= 0.6 is 0 Å². The van der Waals surface area contributed by atoms with E-state index >= 15 is 0 Å². The lowest BCUT2D eigenvalue weighted by Gasteiger charge is -2.08.